The van der Waals surface area contributed by atoms with E-state index in [1.807, 2.05) is 31.4 Å². The molecule has 1 unspecified atom stereocenters. The first kappa shape index (κ1) is 21.4. The van der Waals surface area contributed by atoms with E-state index < -0.39 is 0 Å². The highest BCUT2D eigenvalue weighted by atomic mass is 15.3. The summed E-state index contributed by atoms with van der Waals surface area (Å²) in [5, 5.41) is 3.58. The Morgan fingerprint density at radius 2 is 2.14 bits per heavy atom. The van der Waals surface area contributed by atoms with Crippen molar-refractivity contribution in [3.05, 3.63) is 42.4 Å². The van der Waals surface area contributed by atoms with Crippen LogP contribution in [0.5, 0.6) is 0 Å². The van der Waals surface area contributed by atoms with Gasteiger partial charge in [-0.25, -0.2) is 4.98 Å². The molecule has 1 atom stereocenters. The van der Waals surface area contributed by atoms with Gasteiger partial charge >= 0.3 is 0 Å². The van der Waals surface area contributed by atoms with E-state index >= 15 is 0 Å². The molecule has 0 aliphatic carbocycles. The van der Waals surface area contributed by atoms with Crippen LogP contribution in [0.4, 0.5) is 0 Å². The number of hydrogen-bond acceptors (Lipinski definition) is 3. The predicted molar refractivity (Wildman–Crippen MR) is 121 cm³/mol. The van der Waals surface area contributed by atoms with Gasteiger partial charge in [-0.2, -0.15) is 0 Å². The second-order valence-corrected chi connectivity index (χ2v) is 8.56. The number of likely N-dealkylation sites (tertiary alicyclic amines) is 1. The van der Waals surface area contributed by atoms with Crippen molar-refractivity contribution in [2.75, 3.05) is 40.3 Å². The fourth-order valence-electron chi connectivity index (χ4n) is 4.13. The van der Waals surface area contributed by atoms with Gasteiger partial charge < -0.3 is 20.1 Å². The average molecular weight is 397 g/mol. The average Bonchev–Trinajstić information content (AvgIpc) is 3.17. The highest BCUT2D eigenvalue weighted by Gasteiger charge is 2.21. The van der Waals surface area contributed by atoms with Crippen LogP contribution in [0.2, 0.25) is 0 Å². The van der Waals surface area contributed by atoms with Crippen molar-refractivity contribution in [3.63, 3.8) is 0 Å². The number of rotatable bonds is 7. The fourth-order valence-corrected chi connectivity index (χ4v) is 4.13. The molecule has 2 heterocycles. The molecule has 1 aliphatic rings. The van der Waals surface area contributed by atoms with E-state index in [-0.39, 0.29) is 0 Å². The van der Waals surface area contributed by atoms with Gasteiger partial charge in [-0.15, -0.1) is 0 Å². The Balaban J connectivity index is 1.51. The lowest BCUT2D eigenvalue weighted by Gasteiger charge is -2.34. The van der Waals surface area contributed by atoms with Gasteiger partial charge in [-0.05, 0) is 36.8 Å². The number of nitrogens with one attached hydrogen (secondary N) is 2. The topological polar surface area (TPSA) is 59.6 Å². The van der Waals surface area contributed by atoms with Crippen LogP contribution in [0.1, 0.15) is 32.5 Å². The van der Waals surface area contributed by atoms with Gasteiger partial charge in [0.25, 0.3) is 0 Å². The molecule has 1 aromatic heterocycles. The van der Waals surface area contributed by atoms with Crippen molar-refractivity contribution < 1.29 is 0 Å². The zero-order chi connectivity index (χ0) is 20.6. The Bertz CT molecular complexity index is 767. The van der Waals surface area contributed by atoms with Crippen molar-refractivity contribution in [1.29, 1.82) is 0 Å². The molecule has 1 saturated heterocycles. The molecule has 3 rings (SSSR count). The van der Waals surface area contributed by atoms with Crippen molar-refractivity contribution in [2.45, 2.75) is 33.2 Å². The summed E-state index contributed by atoms with van der Waals surface area (Å²) in [6.45, 7) is 9.89. The Kier molecular flexibility index (Phi) is 7.69. The Hall–Kier alpha value is -2.34. The molecule has 0 spiro atoms. The van der Waals surface area contributed by atoms with Crippen molar-refractivity contribution in [2.24, 2.45) is 16.8 Å². The summed E-state index contributed by atoms with van der Waals surface area (Å²) >= 11 is 0. The monoisotopic (exact) mass is 396 g/mol. The molecule has 0 saturated carbocycles. The summed E-state index contributed by atoms with van der Waals surface area (Å²) in [7, 11) is 3.91. The lowest BCUT2D eigenvalue weighted by Crippen LogP contribution is -2.45. The lowest BCUT2D eigenvalue weighted by atomic mass is 9.97. The second kappa shape index (κ2) is 10.4. The highest BCUT2D eigenvalue weighted by Crippen LogP contribution is 2.18. The van der Waals surface area contributed by atoms with Crippen LogP contribution < -0.4 is 5.32 Å². The molecular weight excluding hydrogens is 360 g/mol. The van der Waals surface area contributed by atoms with Crippen LogP contribution in [-0.4, -0.2) is 66.0 Å². The maximum absolute atomic E-state index is 4.55. The third-order valence-electron chi connectivity index (χ3n) is 5.45. The van der Waals surface area contributed by atoms with Crippen LogP contribution >= 0.6 is 0 Å². The van der Waals surface area contributed by atoms with E-state index in [1.54, 1.807) is 0 Å². The van der Waals surface area contributed by atoms with Crippen molar-refractivity contribution in [3.8, 4) is 11.3 Å². The summed E-state index contributed by atoms with van der Waals surface area (Å²) in [5.74, 6) is 3.27. The summed E-state index contributed by atoms with van der Waals surface area (Å²) in [6.07, 6.45) is 4.49. The van der Waals surface area contributed by atoms with Crippen LogP contribution in [0.15, 0.2) is 41.5 Å². The molecule has 1 aromatic carbocycles. The molecule has 2 N–H and O–H groups in total. The largest absolute Gasteiger partial charge is 0.356 e. The first-order valence-electron chi connectivity index (χ1n) is 10.8. The standard InChI is InChI=1S/C23H36N6/c1-18(2)15-29-12-8-9-19(16-29)13-26-23(24-3)28(4)17-22-25-14-21(27-22)20-10-6-5-7-11-20/h5-7,10-11,14,18-19H,8-9,12-13,15-17H2,1-4H3,(H,24,26)(H,25,27). The third kappa shape index (κ3) is 6.32. The molecule has 2 aromatic rings. The smallest absolute Gasteiger partial charge is 0.193 e. The molecule has 0 radical (unpaired) electrons. The number of benzene rings is 1. The second-order valence-electron chi connectivity index (χ2n) is 8.56. The molecule has 6 nitrogen and oxygen atoms in total. The summed E-state index contributed by atoms with van der Waals surface area (Å²) in [5.41, 5.74) is 2.20. The van der Waals surface area contributed by atoms with E-state index in [2.05, 4.69) is 63.1 Å². The molecule has 0 bridgehead atoms. The van der Waals surface area contributed by atoms with Gasteiger partial charge in [0.2, 0.25) is 0 Å². The minimum atomic E-state index is 0.681. The van der Waals surface area contributed by atoms with Crippen molar-refractivity contribution in [1.82, 2.24) is 25.1 Å². The first-order valence-corrected chi connectivity index (χ1v) is 10.8. The zero-order valence-electron chi connectivity index (χ0n) is 18.4. The third-order valence-corrected chi connectivity index (χ3v) is 5.45. The van der Waals surface area contributed by atoms with Crippen LogP contribution in [-0.2, 0) is 6.54 Å². The van der Waals surface area contributed by atoms with E-state index in [4.69, 9.17) is 0 Å². The number of H-pyrrole nitrogens is 1. The molecule has 1 fully saturated rings. The maximum atomic E-state index is 4.55. The number of aliphatic imine (C=N–C) groups is 1. The quantitative estimate of drug-likeness (QED) is 0.556. The van der Waals surface area contributed by atoms with Crippen LogP contribution in [0.3, 0.4) is 0 Å². The van der Waals surface area contributed by atoms with E-state index in [1.165, 1.54) is 32.5 Å². The number of piperidine rings is 1. The normalized spacial score (nSPS) is 18.2. The minimum absolute atomic E-state index is 0.681. The number of nitrogens with zero attached hydrogens (tertiary/aromatic N) is 4. The lowest BCUT2D eigenvalue weighted by molar-refractivity contribution is 0.159. The number of aromatic amines is 1. The number of aromatic nitrogens is 2. The molecule has 1 aliphatic heterocycles. The minimum Gasteiger partial charge on any atom is -0.356 e. The predicted octanol–water partition coefficient (Wildman–Crippen LogP) is 3.45. The van der Waals surface area contributed by atoms with Gasteiger partial charge in [0.1, 0.15) is 5.82 Å². The number of hydrogen-bond donors (Lipinski definition) is 2. The Morgan fingerprint density at radius 1 is 1.34 bits per heavy atom. The van der Waals surface area contributed by atoms with E-state index in [9.17, 15) is 0 Å². The zero-order valence-corrected chi connectivity index (χ0v) is 18.4. The SMILES string of the molecule is CN=C(NCC1CCCN(CC(C)C)C1)N(C)Cc1ncc(-c2ccccc2)[nH]1. The number of guanidine groups is 1. The maximum Gasteiger partial charge on any atom is 0.193 e. The number of imidazole rings is 1. The molecular formula is C23H36N6. The summed E-state index contributed by atoms with van der Waals surface area (Å²) in [6, 6.07) is 10.3. The van der Waals surface area contributed by atoms with Gasteiger partial charge in [0.15, 0.2) is 5.96 Å². The van der Waals surface area contributed by atoms with Crippen LogP contribution in [0, 0.1) is 11.8 Å². The van der Waals surface area contributed by atoms with E-state index in [0.717, 1.165) is 35.5 Å². The van der Waals surface area contributed by atoms with Gasteiger partial charge in [-0.3, -0.25) is 4.99 Å². The summed E-state index contributed by atoms with van der Waals surface area (Å²) in [4.78, 5) is 17.2. The summed E-state index contributed by atoms with van der Waals surface area (Å²) < 4.78 is 0. The molecule has 6 heteroatoms. The van der Waals surface area contributed by atoms with E-state index in [0.29, 0.717) is 12.5 Å². The van der Waals surface area contributed by atoms with Gasteiger partial charge in [-0.1, -0.05) is 44.2 Å². The molecule has 0 amide bonds. The highest BCUT2D eigenvalue weighted by molar-refractivity contribution is 5.79. The first-order chi connectivity index (χ1) is 14.0. The van der Waals surface area contributed by atoms with Crippen LogP contribution in [0.25, 0.3) is 11.3 Å². The fraction of sp³-hybridized carbons (Fsp3) is 0.565. The van der Waals surface area contributed by atoms with Crippen molar-refractivity contribution >= 4 is 5.96 Å². The van der Waals surface area contributed by atoms with Gasteiger partial charge in [0, 0.05) is 33.7 Å². The Labute approximate surface area is 175 Å². The Morgan fingerprint density at radius 3 is 2.86 bits per heavy atom. The van der Waals surface area contributed by atoms with Gasteiger partial charge in [0.05, 0.1) is 18.4 Å². The molecule has 29 heavy (non-hydrogen) atoms. The molecule has 158 valence electrons.